The molecule has 4 heteroatoms. The number of nitrogens with zero attached hydrogens (tertiary/aromatic N) is 1. The van der Waals surface area contributed by atoms with Crippen molar-refractivity contribution in [3.63, 3.8) is 0 Å². The zero-order chi connectivity index (χ0) is 14.1. The number of rotatable bonds is 2. The Morgan fingerprint density at radius 2 is 1.90 bits per heavy atom. The van der Waals surface area contributed by atoms with Crippen LogP contribution in [0.1, 0.15) is 5.69 Å². The number of aromatic amines is 1. The van der Waals surface area contributed by atoms with Crippen LogP contribution < -0.4 is 10.2 Å². The molecule has 0 saturated carbocycles. The van der Waals surface area contributed by atoms with Crippen molar-refractivity contribution in [1.29, 1.82) is 0 Å². The third-order valence-corrected chi connectivity index (χ3v) is 3.39. The summed E-state index contributed by atoms with van der Waals surface area (Å²) in [5, 5.41) is 0.640. The molecule has 1 aromatic carbocycles. The summed E-state index contributed by atoms with van der Waals surface area (Å²) in [6.45, 7) is 1.84. The molecule has 0 aliphatic heterocycles. The summed E-state index contributed by atoms with van der Waals surface area (Å²) in [5.41, 5.74) is 3.03. The molecule has 2 heterocycles. The lowest BCUT2D eigenvalue weighted by molar-refractivity contribution is 0.415. The highest BCUT2D eigenvalue weighted by molar-refractivity contribution is 5.84. The van der Waals surface area contributed by atoms with Gasteiger partial charge in [-0.1, -0.05) is 12.1 Å². The van der Waals surface area contributed by atoms with Gasteiger partial charge in [-0.15, -0.1) is 0 Å². The molecule has 0 radical (unpaired) electrons. The van der Waals surface area contributed by atoms with Crippen molar-refractivity contribution < 1.29 is 4.74 Å². The Kier molecular flexibility index (Phi) is 2.99. The van der Waals surface area contributed by atoms with Crippen LogP contribution in [0.2, 0.25) is 0 Å². The van der Waals surface area contributed by atoms with Gasteiger partial charge in [0.2, 0.25) is 0 Å². The summed E-state index contributed by atoms with van der Waals surface area (Å²) >= 11 is 0. The lowest BCUT2D eigenvalue weighted by atomic mass is 10.0. The number of benzene rings is 1. The zero-order valence-electron chi connectivity index (χ0n) is 11.3. The van der Waals surface area contributed by atoms with Gasteiger partial charge < -0.3 is 9.72 Å². The molecule has 0 atom stereocenters. The van der Waals surface area contributed by atoms with E-state index >= 15 is 0 Å². The van der Waals surface area contributed by atoms with E-state index in [1.165, 1.54) is 0 Å². The van der Waals surface area contributed by atoms with Gasteiger partial charge in [0.25, 0.3) is 0 Å². The van der Waals surface area contributed by atoms with E-state index in [1.807, 2.05) is 37.3 Å². The number of ether oxygens (including phenoxy) is 1. The van der Waals surface area contributed by atoms with Crippen LogP contribution in [0, 0.1) is 6.92 Å². The third-order valence-electron chi connectivity index (χ3n) is 3.39. The Hall–Kier alpha value is -2.62. The monoisotopic (exact) mass is 266 g/mol. The maximum Gasteiger partial charge on any atom is 0.199 e. The second-order valence-electron chi connectivity index (χ2n) is 4.58. The Morgan fingerprint density at radius 1 is 1.15 bits per heavy atom. The van der Waals surface area contributed by atoms with Crippen LogP contribution in [-0.4, -0.2) is 17.1 Å². The minimum atomic E-state index is -0.00508. The number of fused-ring (bicyclic) bond motifs is 1. The minimum Gasteiger partial charge on any atom is -0.497 e. The predicted octanol–water partition coefficient (Wildman–Crippen LogP) is 2.91. The molecule has 2 aromatic heterocycles. The zero-order valence-corrected chi connectivity index (χ0v) is 11.3. The lowest BCUT2D eigenvalue weighted by Crippen LogP contribution is -2.08. The molecule has 0 saturated heterocycles. The molecule has 20 heavy (non-hydrogen) atoms. The van der Waals surface area contributed by atoms with Gasteiger partial charge in [0.05, 0.1) is 23.7 Å². The van der Waals surface area contributed by atoms with E-state index < -0.39 is 0 Å². The van der Waals surface area contributed by atoms with E-state index in [9.17, 15) is 4.79 Å². The number of hydrogen-bond donors (Lipinski definition) is 1. The van der Waals surface area contributed by atoms with Gasteiger partial charge in [-0.3, -0.25) is 9.78 Å². The van der Waals surface area contributed by atoms with Crippen molar-refractivity contribution >= 4 is 10.9 Å². The van der Waals surface area contributed by atoms with Crippen molar-refractivity contribution in [3.05, 3.63) is 58.6 Å². The van der Waals surface area contributed by atoms with Crippen LogP contribution in [-0.2, 0) is 0 Å². The summed E-state index contributed by atoms with van der Waals surface area (Å²) in [6.07, 6.45) is 3.44. The first-order valence-corrected chi connectivity index (χ1v) is 6.32. The standard InChI is InChI=1S/C16H14N2O2/c1-10-15-14(7-8-17-10)18-9-13(16(15)19)11-3-5-12(20-2)6-4-11/h3-9H,1-2H3,(H,18,19). The van der Waals surface area contributed by atoms with Gasteiger partial charge in [-0.25, -0.2) is 0 Å². The van der Waals surface area contributed by atoms with Gasteiger partial charge in [-0.2, -0.15) is 0 Å². The Balaban J connectivity index is 2.24. The molecule has 0 spiro atoms. The molecule has 0 aliphatic carbocycles. The largest absolute Gasteiger partial charge is 0.497 e. The highest BCUT2D eigenvalue weighted by Gasteiger charge is 2.09. The molecule has 3 rings (SSSR count). The van der Waals surface area contributed by atoms with Gasteiger partial charge in [0.1, 0.15) is 5.75 Å². The average molecular weight is 266 g/mol. The highest BCUT2D eigenvalue weighted by atomic mass is 16.5. The van der Waals surface area contributed by atoms with Gasteiger partial charge in [-0.05, 0) is 30.7 Å². The number of aryl methyl sites for hydroxylation is 1. The predicted molar refractivity (Wildman–Crippen MR) is 79.1 cm³/mol. The molecule has 0 aliphatic rings. The first kappa shape index (κ1) is 12.4. The number of hydrogen-bond acceptors (Lipinski definition) is 3. The second kappa shape index (κ2) is 4.81. The fourth-order valence-electron chi connectivity index (χ4n) is 2.31. The van der Waals surface area contributed by atoms with Gasteiger partial charge >= 0.3 is 0 Å². The van der Waals surface area contributed by atoms with E-state index in [-0.39, 0.29) is 5.43 Å². The Labute approximate surface area is 116 Å². The maximum absolute atomic E-state index is 12.6. The van der Waals surface area contributed by atoms with Crippen LogP contribution in [0.3, 0.4) is 0 Å². The summed E-state index contributed by atoms with van der Waals surface area (Å²) in [6, 6.07) is 9.24. The third kappa shape index (κ3) is 1.95. The summed E-state index contributed by atoms with van der Waals surface area (Å²) < 4.78 is 5.13. The van der Waals surface area contributed by atoms with Crippen molar-refractivity contribution in [2.45, 2.75) is 6.92 Å². The second-order valence-corrected chi connectivity index (χ2v) is 4.58. The van der Waals surface area contributed by atoms with Crippen molar-refractivity contribution in [2.75, 3.05) is 7.11 Å². The van der Waals surface area contributed by atoms with E-state index in [4.69, 9.17) is 4.74 Å². The number of pyridine rings is 2. The van der Waals surface area contributed by atoms with E-state index in [0.29, 0.717) is 10.9 Å². The molecule has 0 fully saturated rings. The molecule has 0 amide bonds. The number of methoxy groups -OCH3 is 1. The molecular formula is C16H14N2O2. The summed E-state index contributed by atoms with van der Waals surface area (Å²) in [5.74, 6) is 0.767. The number of H-pyrrole nitrogens is 1. The molecule has 1 N–H and O–H groups in total. The van der Waals surface area contributed by atoms with Crippen molar-refractivity contribution in [2.24, 2.45) is 0 Å². The van der Waals surface area contributed by atoms with E-state index in [1.54, 1.807) is 19.5 Å². The molecular weight excluding hydrogens is 252 g/mol. The van der Waals surface area contributed by atoms with Crippen LogP contribution >= 0.6 is 0 Å². The summed E-state index contributed by atoms with van der Waals surface area (Å²) in [4.78, 5) is 20.0. The molecule has 100 valence electrons. The van der Waals surface area contributed by atoms with Crippen molar-refractivity contribution in [3.8, 4) is 16.9 Å². The fourth-order valence-corrected chi connectivity index (χ4v) is 2.31. The highest BCUT2D eigenvalue weighted by Crippen LogP contribution is 2.21. The summed E-state index contributed by atoms with van der Waals surface area (Å²) in [7, 11) is 1.62. The molecule has 3 aromatic rings. The van der Waals surface area contributed by atoms with Crippen LogP contribution in [0.5, 0.6) is 5.75 Å². The quantitative estimate of drug-likeness (QED) is 0.776. The first-order valence-electron chi connectivity index (χ1n) is 6.32. The SMILES string of the molecule is COc1ccc(-c2c[nH]c3ccnc(C)c3c2=O)cc1. The fraction of sp³-hybridized carbons (Fsp3) is 0.125. The maximum atomic E-state index is 12.6. The van der Waals surface area contributed by atoms with Crippen LogP contribution in [0.15, 0.2) is 47.5 Å². The first-order chi connectivity index (χ1) is 9.70. The topological polar surface area (TPSA) is 55.0 Å². The Morgan fingerprint density at radius 3 is 2.60 bits per heavy atom. The Bertz CT molecular complexity index is 820. The van der Waals surface area contributed by atoms with Gasteiger partial charge in [0, 0.05) is 18.0 Å². The van der Waals surface area contributed by atoms with E-state index in [0.717, 1.165) is 22.5 Å². The molecule has 0 unspecified atom stereocenters. The number of aromatic nitrogens is 2. The minimum absolute atomic E-state index is 0.00508. The lowest BCUT2D eigenvalue weighted by Gasteiger charge is -2.06. The van der Waals surface area contributed by atoms with Crippen molar-refractivity contribution in [1.82, 2.24) is 9.97 Å². The number of nitrogens with one attached hydrogen (secondary N) is 1. The normalized spacial score (nSPS) is 10.7. The van der Waals surface area contributed by atoms with Crippen LogP contribution in [0.25, 0.3) is 22.0 Å². The molecule has 0 bridgehead atoms. The average Bonchev–Trinajstić information content (AvgIpc) is 2.48. The molecule has 4 nitrogen and oxygen atoms in total. The van der Waals surface area contributed by atoms with Crippen LogP contribution in [0.4, 0.5) is 0 Å². The van der Waals surface area contributed by atoms with Gasteiger partial charge in [0.15, 0.2) is 5.43 Å². The smallest absolute Gasteiger partial charge is 0.199 e. The van der Waals surface area contributed by atoms with E-state index in [2.05, 4.69) is 9.97 Å².